The Labute approximate surface area is 164 Å². The lowest BCUT2D eigenvalue weighted by atomic mass is 10.2. The van der Waals surface area contributed by atoms with Crippen molar-refractivity contribution in [2.24, 2.45) is 0 Å². The van der Waals surface area contributed by atoms with E-state index in [4.69, 9.17) is 0 Å². The van der Waals surface area contributed by atoms with E-state index in [0.717, 1.165) is 15.4 Å². The van der Waals surface area contributed by atoms with Crippen molar-refractivity contribution in [1.82, 2.24) is 24.7 Å². The molecule has 8 heteroatoms. The molecule has 0 atom stereocenters. The highest BCUT2D eigenvalue weighted by molar-refractivity contribution is 9.10. The normalized spacial score (nSPS) is 11.3. The zero-order valence-electron chi connectivity index (χ0n) is 14.8. The zero-order chi connectivity index (χ0) is 19.0. The molecule has 2 N–H and O–H groups in total. The first-order valence-corrected chi connectivity index (χ1v) is 9.28. The Morgan fingerprint density at radius 1 is 1.22 bits per heavy atom. The van der Waals surface area contributed by atoms with Gasteiger partial charge in [-0.1, -0.05) is 18.2 Å². The van der Waals surface area contributed by atoms with Gasteiger partial charge in [0.1, 0.15) is 23.5 Å². The van der Waals surface area contributed by atoms with Crippen molar-refractivity contribution in [3.05, 3.63) is 59.0 Å². The second kappa shape index (κ2) is 6.96. The van der Waals surface area contributed by atoms with E-state index in [1.54, 1.807) is 12.4 Å². The van der Waals surface area contributed by atoms with Gasteiger partial charge in [-0.3, -0.25) is 4.79 Å². The van der Waals surface area contributed by atoms with Crippen molar-refractivity contribution < 1.29 is 4.79 Å². The van der Waals surface area contributed by atoms with Crippen LogP contribution in [0.15, 0.2) is 53.3 Å². The molecule has 1 aromatic carbocycles. The fraction of sp³-hybridized carbons (Fsp3) is 0.158. The number of carbonyl (C=O) groups is 1. The van der Waals surface area contributed by atoms with Gasteiger partial charge < -0.3 is 14.9 Å². The van der Waals surface area contributed by atoms with E-state index in [0.29, 0.717) is 23.0 Å². The van der Waals surface area contributed by atoms with Gasteiger partial charge in [0.15, 0.2) is 5.82 Å². The summed E-state index contributed by atoms with van der Waals surface area (Å²) in [5, 5.41) is 11.9. The van der Waals surface area contributed by atoms with Crippen LogP contribution in [0.4, 0.5) is 5.82 Å². The molecule has 27 heavy (non-hydrogen) atoms. The van der Waals surface area contributed by atoms with E-state index in [2.05, 4.69) is 41.4 Å². The number of aromatic nitrogens is 5. The number of hydrogen-bond donors (Lipinski definition) is 2. The van der Waals surface area contributed by atoms with Crippen LogP contribution < -0.4 is 5.32 Å². The maximum absolute atomic E-state index is 12.6. The predicted octanol–water partition coefficient (Wildman–Crippen LogP) is 4.42. The molecule has 3 aromatic heterocycles. The smallest absolute Gasteiger partial charge is 0.273 e. The van der Waals surface area contributed by atoms with Crippen LogP contribution in [0.25, 0.3) is 22.4 Å². The van der Waals surface area contributed by atoms with Crippen LogP contribution in [-0.2, 0) is 0 Å². The quantitative estimate of drug-likeness (QED) is 0.507. The van der Waals surface area contributed by atoms with Gasteiger partial charge in [0.05, 0.1) is 5.52 Å². The summed E-state index contributed by atoms with van der Waals surface area (Å²) in [6, 6.07) is 13.3. The highest BCUT2D eigenvalue weighted by Gasteiger charge is 2.14. The molecule has 0 aliphatic rings. The highest BCUT2D eigenvalue weighted by Crippen LogP contribution is 2.24. The molecule has 7 nitrogen and oxygen atoms in total. The van der Waals surface area contributed by atoms with Gasteiger partial charge in [-0.2, -0.15) is 0 Å². The van der Waals surface area contributed by atoms with E-state index >= 15 is 0 Å². The Morgan fingerprint density at radius 2 is 2.04 bits per heavy atom. The first kappa shape index (κ1) is 17.4. The van der Waals surface area contributed by atoms with Crippen LogP contribution in [0.5, 0.6) is 0 Å². The van der Waals surface area contributed by atoms with Crippen LogP contribution in [0.3, 0.4) is 0 Å². The summed E-state index contributed by atoms with van der Waals surface area (Å²) >= 11 is 3.49. The predicted molar refractivity (Wildman–Crippen MR) is 108 cm³/mol. The van der Waals surface area contributed by atoms with Gasteiger partial charge >= 0.3 is 0 Å². The highest BCUT2D eigenvalue weighted by atomic mass is 79.9. The number of nitrogens with one attached hydrogen (secondary N) is 2. The van der Waals surface area contributed by atoms with Crippen molar-refractivity contribution >= 4 is 38.6 Å². The second-order valence-electron chi connectivity index (χ2n) is 6.40. The SMILES string of the molecule is CC(C)n1cnnc1-c1cccc(NC(=O)c2cc3cccc(Br)c3[nH]2)n1. The maximum Gasteiger partial charge on any atom is 0.273 e. The van der Waals surface area contributed by atoms with Gasteiger partial charge in [-0.25, -0.2) is 4.98 Å². The number of hydrogen-bond acceptors (Lipinski definition) is 4. The third-order valence-electron chi connectivity index (χ3n) is 4.20. The molecule has 136 valence electrons. The Kier molecular flexibility index (Phi) is 4.49. The topological polar surface area (TPSA) is 88.5 Å². The number of halogens is 1. The fourth-order valence-electron chi connectivity index (χ4n) is 2.86. The second-order valence-corrected chi connectivity index (χ2v) is 7.26. The Bertz CT molecular complexity index is 1130. The Balaban J connectivity index is 1.61. The number of aromatic amines is 1. The lowest BCUT2D eigenvalue weighted by molar-refractivity contribution is 0.102. The third kappa shape index (κ3) is 3.35. The molecule has 0 spiro atoms. The van der Waals surface area contributed by atoms with Gasteiger partial charge in [0.2, 0.25) is 0 Å². The number of carbonyl (C=O) groups excluding carboxylic acids is 1. The average Bonchev–Trinajstić information content (AvgIpc) is 3.30. The summed E-state index contributed by atoms with van der Waals surface area (Å²) in [6.07, 6.45) is 1.68. The zero-order valence-corrected chi connectivity index (χ0v) is 16.4. The minimum absolute atomic E-state index is 0.208. The minimum Gasteiger partial charge on any atom is -0.350 e. The van der Waals surface area contributed by atoms with E-state index in [-0.39, 0.29) is 11.9 Å². The summed E-state index contributed by atoms with van der Waals surface area (Å²) in [6.45, 7) is 4.10. The molecule has 0 saturated carbocycles. The first-order chi connectivity index (χ1) is 13.0. The summed E-state index contributed by atoms with van der Waals surface area (Å²) in [5.74, 6) is 0.859. The van der Waals surface area contributed by atoms with Crippen LogP contribution in [0.2, 0.25) is 0 Å². The largest absolute Gasteiger partial charge is 0.350 e. The fourth-order valence-corrected chi connectivity index (χ4v) is 3.34. The number of anilines is 1. The maximum atomic E-state index is 12.6. The Morgan fingerprint density at radius 3 is 2.81 bits per heavy atom. The van der Waals surface area contributed by atoms with Gasteiger partial charge in [0, 0.05) is 15.9 Å². The van der Waals surface area contributed by atoms with Crippen LogP contribution in [0, 0.1) is 0 Å². The molecule has 1 amide bonds. The monoisotopic (exact) mass is 424 g/mol. The summed E-state index contributed by atoms with van der Waals surface area (Å²) in [4.78, 5) is 20.3. The minimum atomic E-state index is -0.256. The Hall–Kier alpha value is -3.00. The molecule has 4 aromatic rings. The molecule has 0 aliphatic carbocycles. The third-order valence-corrected chi connectivity index (χ3v) is 4.86. The number of rotatable bonds is 4. The van der Waals surface area contributed by atoms with Crippen LogP contribution in [-0.4, -0.2) is 30.6 Å². The number of H-pyrrole nitrogens is 1. The van der Waals surface area contributed by atoms with Gasteiger partial charge in [-0.15, -0.1) is 10.2 Å². The molecule has 0 unspecified atom stereocenters. The molecule has 0 aliphatic heterocycles. The average molecular weight is 425 g/mol. The number of amides is 1. The van der Waals surface area contributed by atoms with Gasteiger partial charge in [0.25, 0.3) is 5.91 Å². The number of nitrogens with zero attached hydrogens (tertiary/aromatic N) is 4. The molecule has 0 radical (unpaired) electrons. The standard InChI is InChI=1S/C19H17BrN6O/c1-11(2)26-10-21-25-18(26)14-7-4-8-16(22-14)24-19(27)15-9-12-5-3-6-13(20)17(12)23-15/h3-11,23H,1-2H3,(H,22,24,27). The van der Waals surface area contributed by atoms with Crippen molar-refractivity contribution in [1.29, 1.82) is 0 Å². The summed E-state index contributed by atoms with van der Waals surface area (Å²) < 4.78 is 2.84. The summed E-state index contributed by atoms with van der Waals surface area (Å²) in [7, 11) is 0. The molecule has 0 bridgehead atoms. The number of benzene rings is 1. The van der Waals surface area contributed by atoms with E-state index in [9.17, 15) is 4.79 Å². The van der Waals surface area contributed by atoms with Crippen molar-refractivity contribution in [2.75, 3.05) is 5.32 Å². The summed E-state index contributed by atoms with van der Waals surface area (Å²) in [5.41, 5.74) is 2.00. The molecule has 0 fully saturated rings. The molecule has 0 saturated heterocycles. The molecular weight excluding hydrogens is 408 g/mol. The number of fused-ring (bicyclic) bond motifs is 1. The van der Waals surface area contributed by atoms with Crippen LogP contribution >= 0.6 is 15.9 Å². The first-order valence-electron chi connectivity index (χ1n) is 8.48. The lowest BCUT2D eigenvalue weighted by Gasteiger charge is -2.10. The molecule has 4 rings (SSSR count). The number of para-hydroxylation sites is 1. The van der Waals surface area contributed by atoms with Crippen molar-refractivity contribution in [2.45, 2.75) is 19.9 Å². The van der Waals surface area contributed by atoms with Crippen LogP contribution in [0.1, 0.15) is 30.4 Å². The molecular formula is C19H17BrN6O. The lowest BCUT2D eigenvalue weighted by Crippen LogP contribution is -2.13. The van der Waals surface area contributed by atoms with Crippen molar-refractivity contribution in [3.63, 3.8) is 0 Å². The van der Waals surface area contributed by atoms with E-state index in [1.807, 2.05) is 54.8 Å². The van der Waals surface area contributed by atoms with E-state index in [1.165, 1.54) is 0 Å². The van der Waals surface area contributed by atoms with Gasteiger partial charge in [-0.05, 0) is 54.0 Å². The number of pyridine rings is 1. The van der Waals surface area contributed by atoms with E-state index < -0.39 is 0 Å². The van der Waals surface area contributed by atoms with Crippen molar-refractivity contribution in [3.8, 4) is 11.5 Å². The molecule has 3 heterocycles.